The number of rotatable bonds is 5. The van der Waals surface area contributed by atoms with Crippen LogP contribution in [-0.2, 0) is 19.1 Å². The molecule has 92 valence electrons. The Labute approximate surface area is 92.5 Å². The van der Waals surface area contributed by atoms with Crippen LogP contribution in [0.3, 0.4) is 0 Å². The molecule has 1 aliphatic rings. The summed E-state index contributed by atoms with van der Waals surface area (Å²) in [5.74, 6) is -2.96. The van der Waals surface area contributed by atoms with Gasteiger partial charge < -0.3 is 18.1 Å². The summed E-state index contributed by atoms with van der Waals surface area (Å²) in [4.78, 5) is 23.0. The van der Waals surface area contributed by atoms with Crippen molar-refractivity contribution in [3.05, 3.63) is 0 Å². The lowest BCUT2D eigenvalue weighted by atomic mass is 9.83. The lowest BCUT2D eigenvalue weighted by molar-refractivity contribution is -0.164. The maximum absolute atomic E-state index is 12.6. The molecule has 0 aromatic carbocycles. The fourth-order valence-corrected chi connectivity index (χ4v) is 1.81. The lowest BCUT2D eigenvalue weighted by Crippen LogP contribution is -2.32. The first kappa shape index (κ1) is 12.9. The van der Waals surface area contributed by atoms with E-state index in [2.05, 4.69) is 9.47 Å². The van der Waals surface area contributed by atoms with Crippen LogP contribution in [-0.4, -0.2) is 32.4 Å². The lowest BCUT2D eigenvalue weighted by Gasteiger charge is -2.16. The Morgan fingerprint density at radius 1 is 1.25 bits per heavy atom. The van der Waals surface area contributed by atoms with Gasteiger partial charge in [0.05, 0.1) is 13.2 Å². The first-order valence-electron chi connectivity index (χ1n) is 5.30. The van der Waals surface area contributed by atoms with Crippen LogP contribution in [0.2, 0.25) is 5.82 Å². The zero-order chi connectivity index (χ0) is 12.3. The molecule has 1 saturated carbocycles. The summed E-state index contributed by atoms with van der Waals surface area (Å²) in [7, 11) is -3.50. The van der Waals surface area contributed by atoms with Crippen molar-refractivity contribution in [2.45, 2.75) is 26.1 Å². The number of halogens is 2. The molecule has 0 aromatic heterocycles. The summed E-state index contributed by atoms with van der Waals surface area (Å²) in [6, 6.07) is 0. The minimum Gasteiger partial charge on any atom is -0.481 e. The number of hydrogen-bond acceptors (Lipinski definition) is 4. The smallest absolute Gasteiger partial charge is 0.320 e. The van der Waals surface area contributed by atoms with Crippen LogP contribution in [0, 0.1) is 5.41 Å². The minimum atomic E-state index is -3.50. The third-order valence-electron chi connectivity index (χ3n) is 2.76. The van der Waals surface area contributed by atoms with Gasteiger partial charge in [-0.3, -0.25) is 9.59 Å². The molecule has 0 N–H and O–H groups in total. The molecule has 1 rings (SSSR count). The van der Waals surface area contributed by atoms with E-state index in [1.807, 2.05) is 0 Å². The van der Waals surface area contributed by atoms with Gasteiger partial charge in [0.1, 0.15) is 5.41 Å². The van der Waals surface area contributed by atoms with Gasteiger partial charge in [-0.1, -0.05) is 12.2 Å². The van der Waals surface area contributed by atoms with Crippen LogP contribution in [0.4, 0.5) is 8.63 Å². The predicted molar refractivity (Wildman–Crippen MR) is 53.4 cm³/mol. The molecule has 1 aliphatic carbocycles. The quantitative estimate of drug-likeness (QED) is 0.405. The molecule has 0 amide bonds. The van der Waals surface area contributed by atoms with Crippen LogP contribution in [0.25, 0.3) is 0 Å². The van der Waals surface area contributed by atoms with Crippen LogP contribution in [0.5, 0.6) is 0 Å². The highest BCUT2D eigenvalue weighted by Crippen LogP contribution is 2.61. The maximum atomic E-state index is 12.6. The fourth-order valence-electron chi connectivity index (χ4n) is 1.81. The highest BCUT2D eigenvalue weighted by atomic mass is 19.2. The van der Waals surface area contributed by atoms with Crippen LogP contribution < -0.4 is 0 Å². The molecular formula is C9H14BF2O4-. The van der Waals surface area contributed by atoms with E-state index in [-0.39, 0.29) is 19.6 Å². The van der Waals surface area contributed by atoms with Crippen molar-refractivity contribution < 1.29 is 27.7 Å². The average Bonchev–Trinajstić information content (AvgIpc) is 2.94. The van der Waals surface area contributed by atoms with Crippen LogP contribution in [0.1, 0.15) is 20.3 Å². The molecule has 0 spiro atoms. The molecule has 1 fully saturated rings. The SMILES string of the molecule is CCOC(=O)C1(C(=O)OCC)C[C@@H]1[BH-](F)F. The zero-order valence-corrected chi connectivity index (χ0v) is 9.29. The molecular weight excluding hydrogens is 221 g/mol. The van der Waals surface area contributed by atoms with Crippen molar-refractivity contribution in [2.24, 2.45) is 5.41 Å². The Morgan fingerprint density at radius 2 is 1.69 bits per heavy atom. The summed E-state index contributed by atoms with van der Waals surface area (Å²) in [5, 5.41) is 0. The van der Waals surface area contributed by atoms with Crippen LogP contribution >= 0.6 is 0 Å². The van der Waals surface area contributed by atoms with Gasteiger partial charge in [0.25, 0.3) is 7.27 Å². The van der Waals surface area contributed by atoms with Gasteiger partial charge in [-0.25, -0.2) is 0 Å². The van der Waals surface area contributed by atoms with Gasteiger partial charge in [0.15, 0.2) is 0 Å². The van der Waals surface area contributed by atoms with Crippen molar-refractivity contribution in [1.29, 1.82) is 0 Å². The third kappa shape index (κ3) is 2.03. The van der Waals surface area contributed by atoms with E-state index in [4.69, 9.17) is 0 Å². The van der Waals surface area contributed by atoms with Crippen molar-refractivity contribution in [3.8, 4) is 0 Å². The molecule has 0 aliphatic heterocycles. The summed E-state index contributed by atoms with van der Waals surface area (Å²) >= 11 is 0. The Kier molecular flexibility index (Phi) is 3.88. The molecule has 0 saturated heterocycles. The highest BCUT2D eigenvalue weighted by molar-refractivity contribution is 6.49. The fraction of sp³-hybridized carbons (Fsp3) is 0.778. The minimum absolute atomic E-state index is 0.0608. The van der Waals surface area contributed by atoms with Crippen molar-refractivity contribution >= 4 is 19.2 Å². The summed E-state index contributed by atoms with van der Waals surface area (Å²) in [5.41, 5.74) is -1.73. The summed E-state index contributed by atoms with van der Waals surface area (Å²) in [6.45, 7) is 3.24. The van der Waals surface area contributed by atoms with E-state index in [9.17, 15) is 18.2 Å². The Morgan fingerprint density at radius 3 is 1.94 bits per heavy atom. The second-order valence-electron chi connectivity index (χ2n) is 3.72. The van der Waals surface area contributed by atoms with E-state index in [1.165, 1.54) is 0 Å². The molecule has 0 bridgehead atoms. The average molecular weight is 235 g/mol. The van der Waals surface area contributed by atoms with E-state index in [0.717, 1.165) is 0 Å². The number of carbonyl (C=O) groups excluding carboxylic acids is 2. The van der Waals surface area contributed by atoms with E-state index >= 15 is 0 Å². The van der Waals surface area contributed by atoms with E-state index in [1.54, 1.807) is 13.8 Å². The molecule has 0 heterocycles. The maximum Gasteiger partial charge on any atom is 0.320 e. The predicted octanol–water partition coefficient (Wildman–Crippen LogP) is 1.03. The van der Waals surface area contributed by atoms with Gasteiger partial charge >= 0.3 is 11.9 Å². The number of hydrogen-bond donors (Lipinski definition) is 0. The molecule has 0 aromatic rings. The third-order valence-corrected chi connectivity index (χ3v) is 2.76. The Hall–Kier alpha value is -1.14. The molecule has 0 unspecified atom stereocenters. The monoisotopic (exact) mass is 235 g/mol. The van der Waals surface area contributed by atoms with Crippen LogP contribution in [0.15, 0.2) is 0 Å². The molecule has 1 atom stereocenters. The first-order chi connectivity index (χ1) is 7.50. The number of esters is 2. The van der Waals surface area contributed by atoms with Gasteiger partial charge in [-0.15, -0.1) is 0 Å². The molecule has 16 heavy (non-hydrogen) atoms. The van der Waals surface area contributed by atoms with Gasteiger partial charge in [-0.05, 0) is 13.8 Å². The second-order valence-corrected chi connectivity index (χ2v) is 3.72. The number of ether oxygens (including phenoxy) is 2. The Balaban J connectivity index is 2.81. The van der Waals surface area contributed by atoms with E-state index < -0.39 is 30.4 Å². The number of carbonyl (C=O) groups is 2. The summed E-state index contributed by atoms with van der Waals surface area (Å²) < 4.78 is 34.5. The standard InChI is InChI=1S/C9H14BF2O4/c1-3-15-7(13)9(8(14)16-4-2)5-6(9)10(11)12/h6,10H,3-5H2,1-2H3/q-1/t6-/m0/s1. The van der Waals surface area contributed by atoms with Crippen molar-refractivity contribution in [2.75, 3.05) is 13.2 Å². The topological polar surface area (TPSA) is 52.6 Å². The Bertz CT molecular complexity index is 277. The first-order valence-corrected chi connectivity index (χ1v) is 5.30. The zero-order valence-electron chi connectivity index (χ0n) is 9.29. The highest BCUT2D eigenvalue weighted by Gasteiger charge is 2.67. The van der Waals surface area contributed by atoms with Crippen molar-refractivity contribution in [3.63, 3.8) is 0 Å². The summed E-state index contributed by atoms with van der Waals surface area (Å²) in [6.07, 6.45) is -0.155. The van der Waals surface area contributed by atoms with Gasteiger partial charge in [0, 0.05) is 0 Å². The molecule has 0 radical (unpaired) electrons. The normalized spacial score (nSPS) is 21.7. The van der Waals surface area contributed by atoms with Crippen molar-refractivity contribution in [1.82, 2.24) is 0 Å². The molecule has 7 heteroatoms. The van der Waals surface area contributed by atoms with Gasteiger partial charge in [-0.2, -0.15) is 0 Å². The second kappa shape index (κ2) is 4.80. The largest absolute Gasteiger partial charge is 0.481 e. The van der Waals surface area contributed by atoms with E-state index in [0.29, 0.717) is 0 Å². The molecule has 4 nitrogen and oxygen atoms in total. The van der Waals surface area contributed by atoms with Gasteiger partial charge in [0.2, 0.25) is 0 Å².